The number of rotatable bonds is 2. The van der Waals surface area contributed by atoms with Crippen molar-refractivity contribution in [1.82, 2.24) is 10.2 Å². The zero-order chi connectivity index (χ0) is 11.7. The first kappa shape index (κ1) is 12.0. The monoisotopic (exact) mass is 382 g/mol. The summed E-state index contributed by atoms with van der Waals surface area (Å²) in [4.78, 5) is 11.8. The molecule has 3 N–H and O–H groups in total. The molecule has 5 nitrogen and oxygen atoms in total. The van der Waals surface area contributed by atoms with E-state index in [1.807, 2.05) is 0 Å². The fourth-order valence-electron chi connectivity index (χ4n) is 0.945. The normalized spacial score (nSPS) is 10.4. The third-order valence-corrected chi connectivity index (χ3v) is 4.57. The van der Waals surface area contributed by atoms with Crippen LogP contribution in [0.15, 0.2) is 13.6 Å². The zero-order valence-corrected chi connectivity index (χ0v) is 12.3. The highest BCUT2D eigenvalue weighted by atomic mass is 79.9. The van der Waals surface area contributed by atoms with E-state index in [0.29, 0.717) is 15.8 Å². The van der Waals surface area contributed by atoms with Gasteiger partial charge in [-0.1, -0.05) is 11.3 Å². The van der Waals surface area contributed by atoms with Crippen molar-refractivity contribution in [1.29, 1.82) is 0 Å². The first-order valence-corrected chi connectivity index (χ1v) is 7.13. The summed E-state index contributed by atoms with van der Waals surface area (Å²) in [5, 5.41) is 10.6. The Labute approximate surface area is 115 Å². The van der Waals surface area contributed by atoms with Crippen molar-refractivity contribution in [2.24, 2.45) is 0 Å². The highest BCUT2D eigenvalue weighted by molar-refractivity contribution is 9.12. The molecular weight excluding hydrogens is 380 g/mol. The van der Waals surface area contributed by atoms with Crippen molar-refractivity contribution >= 4 is 70.7 Å². The molecule has 1 amide bonds. The summed E-state index contributed by atoms with van der Waals surface area (Å²) in [6, 6.07) is 1.73. The van der Waals surface area contributed by atoms with E-state index < -0.39 is 0 Å². The van der Waals surface area contributed by atoms with E-state index in [2.05, 4.69) is 47.4 Å². The molecule has 2 rings (SSSR count). The zero-order valence-electron chi connectivity index (χ0n) is 7.53. The van der Waals surface area contributed by atoms with Crippen molar-refractivity contribution in [3.8, 4) is 0 Å². The number of aromatic nitrogens is 2. The molecule has 2 aromatic heterocycles. The lowest BCUT2D eigenvalue weighted by atomic mass is 10.3. The van der Waals surface area contributed by atoms with E-state index in [9.17, 15) is 4.79 Å². The number of hydrogen-bond donors (Lipinski definition) is 2. The van der Waals surface area contributed by atoms with Gasteiger partial charge in [-0.05, 0) is 37.9 Å². The van der Waals surface area contributed by atoms with E-state index in [4.69, 9.17) is 5.73 Å². The molecule has 0 aliphatic carbocycles. The lowest BCUT2D eigenvalue weighted by Gasteiger charge is -1.97. The Morgan fingerprint density at radius 3 is 2.62 bits per heavy atom. The second-order valence-electron chi connectivity index (χ2n) is 2.64. The molecule has 0 fully saturated rings. The Morgan fingerprint density at radius 1 is 1.38 bits per heavy atom. The van der Waals surface area contributed by atoms with Crippen LogP contribution in [-0.2, 0) is 0 Å². The standard InChI is InChI=1S/C7H4Br2N4OS2/c8-3-1-2(4(9)15-3)5(14)11-7-13-12-6(10)16-7/h1H,(H2,10,12)(H,11,13,14). The summed E-state index contributed by atoms with van der Waals surface area (Å²) in [7, 11) is 0. The molecule has 0 atom stereocenters. The smallest absolute Gasteiger partial charge is 0.259 e. The number of carbonyl (C=O) groups is 1. The number of nitrogens with zero attached hydrogens (tertiary/aromatic N) is 2. The molecule has 0 aliphatic rings. The van der Waals surface area contributed by atoms with Crippen LogP contribution in [0.1, 0.15) is 10.4 Å². The molecule has 0 unspecified atom stereocenters. The lowest BCUT2D eigenvalue weighted by Crippen LogP contribution is -2.11. The maximum Gasteiger partial charge on any atom is 0.259 e. The van der Waals surface area contributed by atoms with Crippen molar-refractivity contribution in [2.75, 3.05) is 11.1 Å². The van der Waals surface area contributed by atoms with Crippen LogP contribution in [0.5, 0.6) is 0 Å². The first-order valence-electron chi connectivity index (χ1n) is 3.91. The molecule has 16 heavy (non-hydrogen) atoms. The number of anilines is 2. The number of hydrogen-bond acceptors (Lipinski definition) is 6. The summed E-state index contributed by atoms with van der Waals surface area (Å²) in [6.07, 6.45) is 0. The van der Waals surface area contributed by atoms with Crippen LogP contribution in [0.3, 0.4) is 0 Å². The molecule has 0 aliphatic heterocycles. The molecule has 0 radical (unpaired) electrons. The Hall–Kier alpha value is -0.510. The molecule has 0 aromatic carbocycles. The van der Waals surface area contributed by atoms with E-state index in [1.165, 1.54) is 11.3 Å². The van der Waals surface area contributed by atoms with E-state index in [0.717, 1.165) is 18.9 Å². The molecule has 0 saturated carbocycles. The van der Waals surface area contributed by atoms with Crippen molar-refractivity contribution < 1.29 is 4.79 Å². The summed E-state index contributed by atoms with van der Waals surface area (Å²) >= 11 is 9.16. The third kappa shape index (κ3) is 2.59. The second-order valence-corrected chi connectivity index (χ2v) is 7.40. The van der Waals surface area contributed by atoms with Gasteiger partial charge >= 0.3 is 0 Å². The van der Waals surface area contributed by atoms with Gasteiger partial charge in [0.15, 0.2) is 0 Å². The maximum absolute atomic E-state index is 11.8. The average molecular weight is 384 g/mol. The largest absolute Gasteiger partial charge is 0.374 e. The number of thiophene rings is 1. The van der Waals surface area contributed by atoms with Gasteiger partial charge in [-0.25, -0.2) is 0 Å². The Bertz CT molecular complexity index is 538. The summed E-state index contributed by atoms with van der Waals surface area (Å²) in [5.74, 6) is -0.245. The van der Waals surface area contributed by atoms with Crippen LogP contribution in [0, 0.1) is 0 Å². The van der Waals surface area contributed by atoms with E-state index in [-0.39, 0.29) is 5.91 Å². The summed E-state index contributed by atoms with van der Waals surface area (Å²) in [6.45, 7) is 0. The van der Waals surface area contributed by atoms with Gasteiger partial charge < -0.3 is 5.73 Å². The van der Waals surface area contributed by atoms with E-state index >= 15 is 0 Å². The molecule has 0 spiro atoms. The maximum atomic E-state index is 11.8. The minimum absolute atomic E-state index is 0.245. The topological polar surface area (TPSA) is 80.9 Å². The predicted molar refractivity (Wildman–Crippen MR) is 72.0 cm³/mol. The van der Waals surface area contributed by atoms with Gasteiger partial charge in [0.25, 0.3) is 5.91 Å². The Morgan fingerprint density at radius 2 is 2.12 bits per heavy atom. The predicted octanol–water partition coefficient (Wildman–Crippen LogP) is 2.96. The van der Waals surface area contributed by atoms with Crippen LogP contribution in [0.4, 0.5) is 10.3 Å². The fraction of sp³-hybridized carbons (Fsp3) is 0. The molecule has 9 heteroatoms. The number of nitrogens with two attached hydrogens (primary N) is 1. The van der Waals surface area contributed by atoms with Crippen LogP contribution in [0.25, 0.3) is 0 Å². The van der Waals surface area contributed by atoms with Crippen molar-refractivity contribution in [3.05, 3.63) is 19.2 Å². The highest BCUT2D eigenvalue weighted by Gasteiger charge is 2.15. The molecule has 2 heterocycles. The minimum atomic E-state index is -0.245. The van der Waals surface area contributed by atoms with Crippen molar-refractivity contribution in [2.45, 2.75) is 0 Å². The van der Waals surface area contributed by atoms with Crippen LogP contribution in [-0.4, -0.2) is 16.1 Å². The second kappa shape index (κ2) is 4.78. The van der Waals surface area contributed by atoms with Gasteiger partial charge in [-0.3, -0.25) is 10.1 Å². The van der Waals surface area contributed by atoms with Crippen LogP contribution < -0.4 is 11.1 Å². The van der Waals surface area contributed by atoms with Crippen molar-refractivity contribution in [3.63, 3.8) is 0 Å². The molecule has 2 aromatic rings. The SMILES string of the molecule is Nc1nnc(NC(=O)c2cc(Br)sc2Br)s1. The number of carbonyl (C=O) groups excluding carboxylic acids is 1. The van der Waals surface area contributed by atoms with Gasteiger partial charge in [-0.2, -0.15) is 0 Å². The van der Waals surface area contributed by atoms with Gasteiger partial charge in [0.2, 0.25) is 10.3 Å². The minimum Gasteiger partial charge on any atom is -0.374 e. The first-order chi connectivity index (χ1) is 7.56. The summed E-state index contributed by atoms with van der Waals surface area (Å²) in [5.41, 5.74) is 5.95. The number of nitrogen functional groups attached to an aromatic ring is 1. The molecule has 0 bridgehead atoms. The quantitative estimate of drug-likeness (QED) is 0.835. The average Bonchev–Trinajstić information content (AvgIpc) is 2.73. The molecule has 0 saturated heterocycles. The fourth-order valence-corrected chi connectivity index (χ4v) is 4.24. The van der Waals surface area contributed by atoms with Gasteiger partial charge in [0.05, 0.1) is 13.1 Å². The highest BCUT2D eigenvalue weighted by Crippen LogP contribution is 2.32. The molecule has 84 valence electrons. The van der Waals surface area contributed by atoms with Gasteiger partial charge in [0.1, 0.15) is 0 Å². The lowest BCUT2D eigenvalue weighted by molar-refractivity contribution is 0.102. The van der Waals surface area contributed by atoms with Gasteiger partial charge in [-0.15, -0.1) is 21.5 Å². The Kier molecular flexibility index (Phi) is 3.57. The Balaban J connectivity index is 2.17. The van der Waals surface area contributed by atoms with E-state index in [1.54, 1.807) is 6.07 Å². The summed E-state index contributed by atoms with van der Waals surface area (Å²) < 4.78 is 1.63. The number of halogens is 2. The number of amides is 1. The number of nitrogens with one attached hydrogen (secondary N) is 1. The van der Waals surface area contributed by atoms with Crippen LogP contribution in [0.2, 0.25) is 0 Å². The third-order valence-electron chi connectivity index (χ3n) is 1.56. The van der Waals surface area contributed by atoms with Crippen LogP contribution >= 0.6 is 54.5 Å². The molecular formula is C7H4Br2N4OS2. The van der Waals surface area contributed by atoms with Gasteiger partial charge in [0, 0.05) is 0 Å².